The molecule has 106 valence electrons. The zero-order valence-corrected chi connectivity index (χ0v) is 12.0. The molecule has 0 aliphatic carbocycles. The molecule has 0 heterocycles. The van der Waals surface area contributed by atoms with Crippen molar-refractivity contribution < 1.29 is 9.90 Å². The SMILES string of the molecule is CCN(C)c1ccc(C(=O)NC(C)CCCO)cc1. The van der Waals surface area contributed by atoms with E-state index in [1.807, 2.05) is 38.2 Å². The quantitative estimate of drug-likeness (QED) is 0.792. The second-order valence-electron chi connectivity index (χ2n) is 4.80. The van der Waals surface area contributed by atoms with E-state index in [1.165, 1.54) is 0 Å². The molecule has 0 spiro atoms. The second kappa shape index (κ2) is 7.79. The molecule has 0 saturated carbocycles. The van der Waals surface area contributed by atoms with Crippen LogP contribution in [0.3, 0.4) is 0 Å². The lowest BCUT2D eigenvalue weighted by molar-refractivity contribution is 0.0936. The van der Waals surface area contributed by atoms with Crippen LogP contribution in [0.1, 0.15) is 37.0 Å². The van der Waals surface area contributed by atoms with Crippen LogP contribution in [0.25, 0.3) is 0 Å². The van der Waals surface area contributed by atoms with Gasteiger partial charge in [0.2, 0.25) is 0 Å². The van der Waals surface area contributed by atoms with Gasteiger partial charge >= 0.3 is 0 Å². The van der Waals surface area contributed by atoms with Crippen molar-refractivity contribution in [2.75, 3.05) is 25.1 Å². The summed E-state index contributed by atoms with van der Waals surface area (Å²) in [6.07, 6.45) is 1.50. The Bertz CT molecular complexity index is 390. The number of rotatable bonds is 7. The lowest BCUT2D eigenvalue weighted by Crippen LogP contribution is -2.32. The summed E-state index contributed by atoms with van der Waals surface area (Å²) in [6.45, 7) is 5.14. The molecule has 0 radical (unpaired) electrons. The molecule has 0 aliphatic heterocycles. The number of hydrogen-bond acceptors (Lipinski definition) is 3. The van der Waals surface area contributed by atoms with Crippen LogP contribution in [-0.4, -0.2) is 37.3 Å². The normalized spacial score (nSPS) is 12.0. The molecule has 4 heteroatoms. The summed E-state index contributed by atoms with van der Waals surface area (Å²) in [7, 11) is 2.02. The first-order valence-corrected chi connectivity index (χ1v) is 6.81. The standard InChI is InChI=1S/C15H24N2O2/c1-4-17(3)14-9-7-13(8-10-14)15(19)16-12(2)6-5-11-18/h7-10,12,18H,4-6,11H2,1-3H3,(H,16,19). The highest BCUT2D eigenvalue weighted by Gasteiger charge is 2.09. The zero-order valence-electron chi connectivity index (χ0n) is 12.0. The average Bonchev–Trinajstić information content (AvgIpc) is 2.44. The largest absolute Gasteiger partial charge is 0.396 e. The zero-order chi connectivity index (χ0) is 14.3. The fourth-order valence-electron chi connectivity index (χ4n) is 1.83. The van der Waals surface area contributed by atoms with Crippen LogP contribution in [-0.2, 0) is 0 Å². The molecule has 19 heavy (non-hydrogen) atoms. The maximum atomic E-state index is 12.0. The predicted octanol–water partition coefficient (Wildman–Crippen LogP) is 2.03. The third kappa shape index (κ3) is 4.91. The van der Waals surface area contributed by atoms with Gasteiger partial charge in [0.15, 0.2) is 0 Å². The van der Waals surface area contributed by atoms with Crippen LogP contribution in [0.2, 0.25) is 0 Å². The molecular formula is C15H24N2O2. The van der Waals surface area contributed by atoms with E-state index in [-0.39, 0.29) is 18.6 Å². The molecule has 1 aromatic carbocycles. The van der Waals surface area contributed by atoms with Gasteiger partial charge < -0.3 is 15.3 Å². The highest BCUT2D eigenvalue weighted by molar-refractivity contribution is 5.94. The Labute approximate surface area is 115 Å². The Morgan fingerprint density at radius 3 is 2.53 bits per heavy atom. The lowest BCUT2D eigenvalue weighted by atomic mass is 10.1. The first-order chi connectivity index (χ1) is 9.08. The van der Waals surface area contributed by atoms with Gasteiger partial charge in [-0.3, -0.25) is 4.79 Å². The molecule has 4 nitrogen and oxygen atoms in total. The first kappa shape index (κ1) is 15.5. The molecule has 0 bridgehead atoms. The summed E-state index contributed by atoms with van der Waals surface area (Å²) in [5, 5.41) is 11.7. The van der Waals surface area contributed by atoms with Gasteiger partial charge in [-0.1, -0.05) is 0 Å². The van der Waals surface area contributed by atoms with Crippen molar-refractivity contribution >= 4 is 11.6 Å². The molecule has 0 saturated heterocycles. The molecular weight excluding hydrogens is 240 g/mol. The van der Waals surface area contributed by atoms with E-state index in [0.29, 0.717) is 12.0 Å². The third-order valence-electron chi connectivity index (χ3n) is 3.22. The van der Waals surface area contributed by atoms with E-state index >= 15 is 0 Å². The van der Waals surface area contributed by atoms with Gasteiger partial charge in [-0.15, -0.1) is 0 Å². The number of carbonyl (C=O) groups excluding carboxylic acids is 1. The van der Waals surface area contributed by atoms with Crippen molar-refractivity contribution in [2.24, 2.45) is 0 Å². The van der Waals surface area contributed by atoms with E-state index < -0.39 is 0 Å². The van der Waals surface area contributed by atoms with E-state index in [2.05, 4.69) is 17.1 Å². The molecule has 1 amide bonds. The van der Waals surface area contributed by atoms with Gasteiger partial charge in [0.25, 0.3) is 5.91 Å². The Balaban J connectivity index is 2.57. The van der Waals surface area contributed by atoms with Crippen LogP contribution in [0, 0.1) is 0 Å². The van der Waals surface area contributed by atoms with E-state index in [9.17, 15) is 4.79 Å². The molecule has 2 N–H and O–H groups in total. The number of amides is 1. The molecule has 1 atom stereocenters. The monoisotopic (exact) mass is 264 g/mol. The topological polar surface area (TPSA) is 52.6 Å². The van der Waals surface area contributed by atoms with Crippen molar-refractivity contribution in [2.45, 2.75) is 32.7 Å². The minimum absolute atomic E-state index is 0.0591. The van der Waals surface area contributed by atoms with Gasteiger partial charge in [0, 0.05) is 37.5 Å². The number of hydrogen-bond donors (Lipinski definition) is 2. The molecule has 1 unspecified atom stereocenters. The maximum Gasteiger partial charge on any atom is 0.251 e. The fraction of sp³-hybridized carbons (Fsp3) is 0.533. The Kier molecular flexibility index (Phi) is 6.36. The van der Waals surface area contributed by atoms with Crippen molar-refractivity contribution in [3.05, 3.63) is 29.8 Å². The van der Waals surface area contributed by atoms with Crippen LogP contribution >= 0.6 is 0 Å². The minimum atomic E-state index is -0.0591. The lowest BCUT2D eigenvalue weighted by Gasteiger charge is -2.17. The number of nitrogens with zero attached hydrogens (tertiary/aromatic N) is 1. The van der Waals surface area contributed by atoms with Crippen LogP contribution in [0.15, 0.2) is 24.3 Å². The average molecular weight is 264 g/mol. The second-order valence-corrected chi connectivity index (χ2v) is 4.80. The Morgan fingerprint density at radius 2 is 2.00 bits per heavy atom. The summed E-state index contributed by atoms with van der Waals surface area (Å²) in [5.41, 5.74) is 1.77. The van der Waals surface area contributed by atoms with E-state index in [1.54, 1.807) is 0 Å². The molecule has 1 rings (SSSR count). The van der Waals surface area contributed by atoms with Gasteiger partial charge in [0.1, 0.15) is 0 Å². The smallest absolute Gasteiger partial charge is 0.251 e. The number of nitrogens with one attached hydrogen (secondary N) is 1. The molecule has 0 aliphatic rings. The fourth-order valence-corrected chi connectivity index (χ4v) is 1.83. The van der Waals surface area contributed by atoms with Gasteiger partial charge in [-0.25, -0.2) is 0 Å². The summed E-state index contributed by atoms with van der Waals surface area (Å²) < 4.78 is 0. The Morgan fingerprint density at radius 1 is 1.37 bits per heavy atom. The maximum absolute atomic E-state index is 12.0. The van der Waals surface area contributed by atoms with Crippen LogP contribution in [0.5, 0.6) is 0 Å². The molecule has 1 aromatic rings. The summed E-state index contributed by atoms with van der Waals surface area (Å²) >= 11 is 0. The summed E-state index contributed by atoms with van der Waals surface area (Å²) in [5.74, 6) is -0.0591. The molecule has 0 aromatic heterocycles. The Hall–Kier alpha value is -1.55. The van der Waals surface area contributed by atoms with Crippen molar-refractivity contribution in [3.63, 3.8) is 0 Å². The van der Waals surface area contributed by atoms with Gasteiger partial charge in [-0.05, 0) is 51.0 Å². The summed E-state index contributed by atoms with van der Waals surface area (Å²) in [4.78, 5) is 14.1. The highest BCUT2D eigenvalue weighted by Crippen LogP contribution is 2.13. The number of aliphatic hydroxyl groups excluding tert-OH is 1. The van der Waals surface area contributed by atoms with Crippen molar-refractivity contribution in [1.29, 1.82) is 0 Å². The number of benzene rings is 1. The van der Waals surface area contributed by atoms with E-state index in [4.69, 9.17) is 5.11 Å². The third-order valence-corrected chi connectivity index (χ3v) is 3.22. The number of anilines is 1. The first-order valence-electron chi connectivity index (χ1n) is 6.81. The van der Waals surface area contributed by atoms with Crippen molar-refractivity contribution in [1.82, 2.24) is 5.32 Å². The number of carbonyl (C=O) groups is 1. The minimum Gasteiger partial charge on any atom is -0.396 e. The van der Waals surface area contributed by atoms with Crippen LogP contribution in [0.4, 0.5) is 5.69 Å². The van der Waals surface area contributed by atoms with Crippen molar-refractivity contribution in [3.8, 4) is 0 Å². The predicted molar refractivity (Wildman–Crippen MR) is 78.6 cm³/mol. The van der Waals surface area contributed by atoms with Gasteiger partial charge in [0.05, 0.1) is 0 Å². The van der Waals surface area contributed by atoms with Crippen LogP contribution < -0.4 is 10.2 Å². The number of aliphatic hydroxyl groups is 1. The van der Waals surface area contributed by atoms with E-state index in [0.717, 1.165) is 18.7 Å². The summed E-state index contributed by atoms with van der Waals surface area (Å²) in [6, 6.07) is 7.68. The molecule has 0 fully saturated rings. The highest BCUT2D eigenvalue weighted by atomic mass is 16.3. The van der Waals surface area contributed by atoms with Gasteiger partial charge in [-0.2, -0.15) is 0 Å².